The van der Waals surface area contributed by atoms with Gasteiger partial charge in [-0.1, -0.05) is 12.1 Å². The van der Waals surface area contributed by atoms with Crippen molar-refractivity contribution in [3.05, 3.63) is 48.5 Å². The average Bonchev–Trinajstić information content (AvgIpc) is 3.11. The topological polar surface area (TPSA) is 93.4 Å². The molecule has 146 valence electrons. The van der Waals surface area contributed by atoms with Gasteiger partial charge in [-0.05, 0) is 18.2 Å². The van der Waals surface area contributed by atoms with Gasteiger partial charge in [-0.25, -0.2) is 15.0 Å². The molecule has 28 heavy (non-hydrogen) atoms. The number of aliphatic hydroxyl groups is 1. The van der Waals surface area contributed by atoms with E-state index < -0.39 is 0 Å². The Balaban J connectivity index is 1.32. The number of likely N-dealkylation sites (tertiary alicyclic amines) is 1. The maximum Gasteiger partial charge on any atom is 0.316 e. The third-order valence-electron chi connectivity index (χ3n) is 5.03. The summed E-state index contributed by atoms with van der Waals surface area (Å²) < 4.78 is 7.71. The fraction of sp³-hybridized carbons (Fsp3) is 0.400. The summed E-state index contributed by atoms with van der Waals surface area (Å²) in [7, 11) is 0. The minimum atomic E-state index is -0.146. The van der Waals surface area contributed by atoms with Gasteiger partial charge in [0.1, 0.15) is 18.5 Å². The number of aryl methyl sites for hydroxylation is 1. The summed E-state index contributed by atoms with van der Waals surface area (Å²) in [6, 6.07) is 9.85. The van der Waals surface area contributed by atoms with Crippen LogP contribution in [0.5, 0.6) is 6.01 Å². The zero-order valence-corrected chi connectivity index (χ0v) is 15.6. The molecular weight excluding hydrogens is 358 g/mol. The number of carbonyl (C=O) groups is 1. The van der Waals surface area contributed by atoms with Gasteiger partial charge in [-0.2, -0.15) is 0 Å². The first-order chi connectivity index (χ1) is 13.7. The van der Waals surface area contributed by atoms with Crippen molar-refractivity contribution in [2.24, 2.45) is 0 Å². The van der Waals surface area contributed by atoms with Crippen molar-refractivity contribution >= 4 is 16.9 Å². The molecule has 3 heterocycles. The summed E-state index contributed by atoms with van der Waals surface area (Å²) in [5, 5.41) is 9.58. The summed E-state index contributed by atoms with van der Waals surface area (Å²) in [5.74, 6) is 0.694. The van der Waals surface area contributed by atoms with E-state index in [-0.39, 0.29) is 18.6 Å². The highest BCUT2D eigenvalue weighted by Gasteiger charge is 2.24. The molecule has 0 aliphatic carbocycles. The van der Waals surface area contributed by atoms with Crippen molar-refractivity contribution in [2.75, 3.05) is 13.1 Å². The average molecular weight is 381 g/mol. The molecule has 0 bridgehead atoms. The number of aromatic nitrogens is 4. The van der Waals surface area contributed by atoms with E-state index in [0.29, 0.717) is 37.9 Å². The molecule has 1 aromatic carbocycles. The first kappa shape index (κ1) is 18.4. The van der Waals surface area contributed by atoms with E-state index in [2.05, 4.69) is 15.0 Å². The van der Waals surface area contributed by atoms with E-state index in [1.54, 1.807) is 18.5 Å². The lowest BCUT2D eigenvalue weighted by atomic mass is 10.1. The van der Waals surface area contributed by atoms with Gasteiger partial charge in [0.25, 0.3) is 0 Å². The molecule has 1 N–H and O–H groups in total. The van der Waals surface area contributed by atoms with E-state index in [1.165, 1.54) is 0 Å². The van der Waals surface area contributed by atoms with Crippen molar-refractivity contribution in [1.82, 2.24) is 24.4 Å². The molecule has 1 saturated heterocycles. The zero-order chi connectivity index (χ0) is 19.3. The summed E-state index contributed by atoms with van der Waals surface area (Å²) in [6.07, 6.45) is 5.24. The van der Waals surface area contributed by atoms with E-state index in [9.17, 15) is 9.90 Å². The second-order valence-corrected chi connectivity index (χ2v) is 6.81. The number of amides is 1. The Morgan fingerprint density at radius 3 is 2.64 bits per heavy atom. The predicted octanol–water partition coefficient (Wildman–Crippen LogP) is 1.78. The number of aliphatic hydroxyl groups excluding tert-OH is 1. The Kier molecular flexibility index (Phi) is 5.48. The van der Waals surface area contributed by atoms with Crippen LogP contribution in [0.3, 0.4) is 0 Å². The van der Waals surface area contributed by atoms with E-state index >= 15 is 0 Å². The number of piperidine rings is 1. The van der Waals surface area contributed by atoms with Crippen LogP contribution < -0.4 is 4.74 Å². The number of carbonyl (C=O) groups excluding carboxylic acids is 1. The number of hydrogen-bond acceptors (Lipinski definition) is 6. The van der Waals surface area contributed by atoms with Gasteiger partial charge in [-0.15, -0.1) is 0 Å². The molecule has 1 amide bonds. The van der Waals surface area contributed by atoms with Gasteiger partial charge < -0.3 is 19.3 Å². The van der Waals surface area contributed by atoms with Crippen LogP contribution in [0.4, 0.5) is 0 Å². The minimum Gasteiger partial charge on any atom is -0.460 e. The molecule has 1 aliphatic rings. The molecule has 0 spiro atoms. The minimum absolute atomic E-state index is 0.0324. The van der Waals surface area contributed by atoms with Gasteiger partial charge in [0.05, 0.1) is 11.0 Å². The van der Waals surface area contributed by atoms with Crippen molar-refractivity contribution in [3.63, 3.8) is 0 Å². The molecule has 1 fully saturated rings. The number of ether oxygens (including phenoxy) is 1. The van der Waals surface area contributed by atoms with Crippen molar-refractivity contribution in [3.8, 4) is 6.01 Å². The number of benzene rings is 1. The molecule has 4 rings (SSSR count). The Hall–Kier alpha value is -3.00. The van der Waals surface area contributed by atoms with Crippen LogP contribution in [0.15, 0.2) is 42.7 Å². The summed E-state index contributed by atoms with van der Waals surface area (Å²) >= 11 is 0. The molecule has 0 atom stereocenters. The van der Waals surface area contributed by atoms with Crippen LogP contribution in [0.25, 0.3) is 11.0 Å². The largest absolute Gasteiger partial charge is 0.460 e. The van der Waals surface area contributed by atoms with E-state index in [0.717, 1.165) is 23.9 Å². The fourth-order valence-corrected chi connectivity index (χ4v) is 3.58. The highest BCUT2D eigenvalue weighted by molar-refractivity contribution is 5.78. The second-order valence-electron chi connectivity index (χ2n) is 6.81. The zero-order valence-electron chi connectivity index (χ0n) is 15.6. The van der Waals surface area contributed by atoms with E-state index in [4.69, 9.17) is 4.74 Å². The Morgan fingerprint density at radius 2 is 1.89 bits per heavy atom. The van der Waals surface area contributed by atoms with Gasteiger partial charge in [0, 0.05) is 51.3 Å². The molecule has 3 aromatic rings. The first-order valence-corrected chi connectivity index (χ1v) is 9.51. The van der Waals surface area contributed by atoms with Crippen LogP contribution in [0.1, 0.15) is 25.1 Å². The lowest BCUT2D eigenvalue weighted by Gasteiger charge is -2.31. The first-order valence-electron chi connectivity index (χ1n) is 9.51. The van der Waals surface area contributed by atoms with Crippen LogP contribution in [0, 0.1) is 0 Å². The molecular formula is C20H23N5O3. The Morgan fingerprint density at radius 1 is 1.14 bits per heavy atom. The molecule has 8 nitrogen and oxygen atoms in total. The molecule has 8 heteroatoms. The van der Waals surface area contributed by atoms with Crippen LogP contribution in [-0.2, 0) is 17.9 Å². The number of fused-ring (bicyclic) bond motifs is 1. The maximum atomic E-state index is 12.7. The highest BCUT2D eigenvalue weighted by atomic mass is 16.5. The van der Waals surface area contributed by atoms with Crippen molar-refractivity contribution < 1.29 is 14.6 Å². The molecule has 0 saturated carbocycles. The molecule has 1 aliphatic heterocycles. The molecule has 0 radical (unpaired) electrons. The monoisotopic (exact) mass is 381 g/mol. The lowest BCUT2D eigenvalue weighted by molar-refractivity contribution is -0.133. The number of rotatable bonds is 6. The lowest BCUT2D eigenvalue weighted by Crippen LogP contribution is -2.42. The van der Waals surface area contributed by atoms with E-state index in [1.807, 2.05) is 33.7 Å². The van der Waals surface area contributed by atoms with Gasteiger partial charge >= 0.3 is 6.01 Å². The Labute approximate surface area is 162 Å². The number of imidazole rings is 1. The summed E-state index contributed by atoms with van der Waals surface area (Å²) in [6.45, 7) is 1.68. The van der Waals surface area contributed by atoms with Crippen LogP contribution in [0.2, 0.25) is 0 Å². The SMILES string of the molecule is O=C(CCn1c(CO)nc2ccccc21)N1CCC(Oc2ncccn2)CC1. The van der Waals surface area contributed by atoms with Crippen LogP contribution >= 0.6 is 0 Å². The molecule has 2 aromatic heterocycles. The summed E-state index contributed by atoms with van der Waals surface area (Å²) in [4.78, 5) is 27.1. The van der Waals surface area contributed by atoms with Crippen molar-refractivity contribution in [2.45, 2.75) is 38.5 Å². The van der Waals surface area contributed by atoms with Gasteiger partial charge in [0.2, 0.25) is 5.91 Å². The fourth-order valence-electron chi connectivity index (χ4n) is 3.58. The third-order valence-corrected chi connectivity index (χ3v) is 5.03. The van der Waals surface area contributed by atoms with Gasteiger partial charge in [0.15, 0.2) is 0 Å². The number of para-hydroxylation sites is 2. The Bertz CT molecular complexity index is 935. The highest BCUT2D eigenvalue weighted by Crippen LogP contribution is 2.19. The standard InChI is InChI=1S/C20H23N5O3/c26-14-18-23-16-4-1-2-5-17(16)25(18)13-8-19(27)24-11-6-15(7-12-24)28-20-21-9-3-10-22-20/h1-5,9-10,15,26H,6-8,11-14H2. The maximum absolute atomic E-state index is 12.7. The normalized spacial score (nSPS) is 15.1. The third kappa shape index (κ3) is 3.96. The second kappa shape index (κ2) is 8.35. The summed E-state index contributed by atoms with van der Waals surface area (Å²) in [5.41, 5.74) is 1.77. The molecule has 0 unspecified atom stereocenters. The van der Waals surface area contributed by atoms with Crippen molar-refractivity contribution in [1.29, 1.82) is 0 Å². The number of nitrogens with zero attached hydrogens (tertiary/aromatic N) is 5. The number of hydrogen-bond donors (Lipinski definition) is 1. The smallest absolute Gasteiger partial charge is 0.316 e. The van der Waals surface area contributed by atoms with Gasteiger partial charge in [-0.3, -0.25) is 4.79 Å². The predicted molar refractivity (Wildman–Crippen MR) is 103 cm³/mol. The van der Waals surface area contributed by atoms with Crippen LogP contribution in [-0.4, -0.2) is 54.6 Å². The quantitative estimate of drug-likeness (QED) is 0.700.